The molecule has 0 radical (unpaired) electrons. The van der Waals surface area contributed by atoms with Crippen molar-refractivity contribution >= 4 is 0 Å². The van der Waals surface area contributed by atoms with Crippen molar-refractivity contribution in [1.29, 1.82) is 0 Å². The number of rotatable bonds is 5. The van der Waals surface area contributed by atoms with Gasteiger partial charge in [0.15, 0.2) is 0 Å². The van der Waals surface area contributed by atoms with Crippen LogP contribution in [-0.2, 0) is 17.8 Å². The summed E-state index contributed by atoms with van der Waals surface area (Å²) in [6.45, 7) is 4.70. The van der Waals surface area contributed by atoms with E-state index in [0.717, 1.165) is 38.4 Å². The highest BCUT2D eigenvalue weighted by Crippen LogP contribution is 2.16. The first-order chi connectivity index (χ1) is 12.8. The summed E-state index contributed by atoms with van der Waals surface area (Å²) in [5.74, 6) is 0.276. The van der Waals surface area contributed by atoms with Crippen LogP contribution in [0.2, 0.25) is 0 Å². The van der Waals surface area contributed by atoms with Crippen molar-refractivity contribution < 1.29 is 9.13 Å². The molecule has 2 aromatic carbocycles. The second-order valence-corrected chi connectivity index (χ2v) is 6.32. The minimum absolute atomic E-state index is 0.259. The van der Waals surface area contributed by atoms with Crippen molar-refractivity contribution in [3.8, 4) is 11.4 Å². The predicted octanol–water partition coefficient (Wildman–Crippen LogP) is 2.36. The zero-order valence-electron chi connectivity index (χ0n) is 14.4. The number of hydrogen-bond acceptors (Lipinski definition) is 5. The quantitative estimate of drug-likeness (QED) is 0.705. The molecule has 1 aliphatic heterocycles. The van der Waals surface area contributed by atoms with E-state index in [1.807, 2.05) is 12.1 Å². The lowest BCUT2D eigenvalue weighted by Gasteiger charge is -2.26. The smallest absolute Gasteiger partial charge is 0.204 e. The highest BCUT2D eigenvalue weighted by Gasteiger charge is 2.12. The minimum atomic E-state index is -0.265. The molecule has 1 aromatic heterocycles. The largest absolute Gasteiger partial charge is 0.379 e. The zero-order valence-corrected chi connectivity index (χ0v) is 14.4. The third-order valence-corrected chi connectivity index (χ3v) is 4.44. The Hall–Kier alpha value is -2.64. The van der Waals surface area contributed by atoms with Gasteiger partial charge in [-0.25, -0.2) is 4.39 Å². The van der Waals surface area contributed by atoms with E-state index in [4.69, 9.17) is 4.74 Å². The van der Waals surface area contributed by atoms with Gasteiger partial charge < -0.3 is 4.74 Å². The third kappa shape index (κ3) is 3.95. The Kier molecular flexibility index (Phi) is 4.99. The number of morpholine rings is 1. The van der Waals surface area contributed by atoms with Crippen molar-refractivity contribution in [2.24, 2.45) is 0 Å². The molecule has 0 atom stereocenters. The van der Waals surface area contributed by atoms with E-state index >= 15 is 0 Å². The first-order valence-electron chi connectivity index (χ1n) is 8.68. The third-order valence-electron chi connectivity index (χ3n) is 4.44. The van der Waals surface area contributed by atoms with E-state index in [2.05, 4.69) is 32.4 Å². The number of nitrogens with zero attached hydrogens (tertiary/aromatic N) is 5. The van der Waals surface area contributed by atoms with Gasteiger partial charge in [0.1, 0.15) is 5.82 Å². The predicted molar refractivity (Wildman–Crippen MR) is 94.9 cm³/mol. The van der Waals surface area contributed by atoms with Gasteiger partial charge in [-0.15, -0.1) is 10.2 Å². The first kappa shape index (κ1) is 16.8. The molecule has 0 unspecified atom stereocenters. The Morgan fingerprint density at radius 3 is 2.50 bits per heavy atom. The van der Waals surface area contributed by atoms with Gasteiger partial charge >= 0.3 is 0 Å². The molecular formula is C19H20FN5O. The average Bonchev–Trinajstić information content (AvgIpc) is 3.14. The molecule has 0 bridgehead atoms. The van der Waals surface area contributed by atoms with Crippen LogP contribution in [0.25, 0.3) is 11.4 Å². The van der Waals surface area contributed by atoms with Crippen molar-refractivity contribution in [3.63, 3.8) is 0 Å². The molecule has 0 saturated carbocycles. The molecule has 0 N–H and O–H groups in total. The fraction of sp³-hybridized carbons (Fsp3) is 0.316. The number of benzene rings is 2. The van der Waals surface area contributed by atoms with Crippen LogP contribution in [-0.4, -0.2) is 51.4 Å². The second kappa shape index (κ2) is 7.72. The molecule has 0 amide bonds. The summed E-state index contributed by atoms with van der Waals surface area (Å²) in [6, 6.07) is 14.8. The molecule has 0 spiro atoms. The molecule has 1 saturated heterocycles. The van der Waals surface area contributed by atoms with Crippen LogP contribution in [0.5, 0.6) is 0 Å². The van der Waals surface area contributed by atoms with Gasteiger partial charge in [-0.3, -0.25) is 4.90 Å². The summed E-state index contributed by atoms with van der Waals surface area (Å²) in [5.41, 5.74) is 2.68. The van der Waals surface area contributed by atoms with Crippen LogP contribution in [0.3, 0.4) is 0 Å². The molecular weight excluding hydrogens is 333 g/mol. The number of halogens is 1. The summed E-state index contributed by atoms with van der Waals surface area (Å²) in [6.07, 6.45) is 0. The zero-order chi connectivity index (χ0) is 17.8. The van der Waals surface area contributed by atoms with E-state index in [-0.39, 0.29) is 12.4 Å². The number of ether oxygens (including phenoxy) is 1. The molecule has 3 aromatic rings. The highest BCUT2D eigenvalue weighted by molar-refractivity contribution is 5.54. The van der Waals surface area contributed by atoms with Crippen molar-refractivity contribution in [2.75, 3.05) is 26.3 Å². The molecule has 1 fully saturated rings. The van der Waals surface area contributed by atoms with Gasteiger partial charge in [-0.2, -0.15) is 4.80 Å². The number of aromatic nitrogens is 4. The Balaban J connectivity index is 1.43. The monoisotopic (exact) mass is 353 g/mol. The maximum absolute atomic E-state index is 13.7. The lowest BCUT2D eigenvalue weighted by atomic mass is 10.1. The van der Waals surface area contributed by atoms with E-state index in [0.29, 0.717) is 11.4 Å². The maximum atomic E-state index is 13.7. The fourth-order valence-corrected chi connectivity index (χ4v) is 2.98. The summed E-state index contributed by atoms with van der Waals surface area (Å²) < 4.78 is 19.1. The maximum Gasteiger partial charge on any atom is 0.204 e. The van der Waals surface area contributed by atoms with E-state index < -0.39 is 0 Å². The van der Waals surface area contributed by atoms with Crippen LogP contribution in [0, 0.1) is 5.82 Å². The van der Waals surface area contributed by atoms with Gasteiger partial charge in [0, 0.05) is 30.8 Å². The van der Waals surface area contributed by atoms with E-state index in [1.165, 1.54) is 16.4 Å². The van der Waals surface area contributed by atoms with Gasteiger partial charge in [-0.05, 0) is 16.8 Å². The Labute approximate surface area is 151 Å². The summed E-state index contributed by atoms with van der Waals surface area (Å²) in [5, 5.41) is 12.5. The molecule has 0 aliphatic carbocycles. The van der Waals surface area contributed by atoms with Gasteiger partial charge in [0.25, 0.3) is 0 Å². The first-order valence-corrected chi connectivity index (χ1v) is 8.68. The normalized spacial score (nSPS) is 15.3. The van der Waals surface area contributed by atoms with Gasteiger partial charge in [-0.1, -0.05) is 42.5 Å². The van der Waals surface area contributed by atoms with Crippen LogP contribution >= 0.6 is 0 Å². The van der Waals surface area contributed by atoms with E-state index in [9.17, 15) is 4.39 Å². The number of hydrogen-bond donors (Lipinski definition) is 0. The Morgan fingerprint density at radius 1 is 0.962 bits per heavy atom. The fourth-order valence-electron chi connectivity index (χ4n) is 2.98. The lowest BCUT2D eigenvalue weighted by Crippen LogP contribution is -2.35. The van der Waals surface area contributed by atoms with Gasteiger partial charge in [0.2, 0.25) is 5.82 Å². The van der Waals surface area contributed by atoms with E-state index in [1.54, 1.807) is 18.2 Å². The lowest BCUT2D eigenvalue weighted by molar-refractivity contribution is 0.0342. The molecule has 26 heavy (non-hydrogen) atoms. The summed E-state index contributed by atoms with van der Waals surface area (Å²) >= 11 is 0. The van der Waals surface area contributed by atoms with Crippen molar-refractivity contribution in [3.05, 3.63) is 65.5 Å². The number of tetrazole rings is 1. The Bertz CT molecular complexity index is 858. The molecule has 134 valence electrons. The molecule has 4 rings (SSSR count). The Morgan fingerprint density at radius 2 is 1.73 bits per heavy atom. The topological polar surface area (TPSA) is 56.1 Å². The summed E-state index contributed by atoms with van der Waals surface area (Å²) in [4.78, 5) is 3.79. The second-order valence-electron chi connectivity index (χ2n) is 6.32. The van der Waals surface area contributed by atoms with Crippen LogP contribution in [0.15, 0.2) is 48.5 Å². The molecule has 7 heteroatoms. The van der Waals surface area contributed by atoms with Crippen LogP contribution < -0.4 is 0 Å². The van der Waals surface area contributed by atoms with Gasteiger partial charge in [0.05, 0.1) is 19.8 Å². The highest BCUT2D eigenvalue weighted by atomic mass is 19.1. The van der Waals surface area contributed by atoms with Crippen molar-refractivity contribution in [1.82, 2.24) is 25.1 Å². The molecule has 2 heterocycles. The molecule has 6 nitrogen and oxygen atoms in total. The van der Waals surface area contributed by atoms with Crippen molar-refractivity contribution in [2.45, 2.75) is 13.1 Å². The van der Waals surface area contributed by atoms with Crippen LogP contribution in [0.1, 0.15) is 11.1 Å². The minimum Gasteiger partial charge on any atom is -0.379 e. The SMILES string of the molecule is Fc1ccccc1Cn1nnc(-c2ccc(CN3CCOCC3)cc2)n1. The average molecular weight is 353 g/mol. The van der Waals surface area contributed by atoms with Crippen LogP contribution in [0.4, 0.5) is 4.39 Å². The standard InChI is InChI=1S/C19H20FN5O/c20-18-4-2-1-3-17(18)14-25-22-19(21-23-25)16-7-5-15(6-8-16)13-24-9-11-26-12-10-24/h1-8H,9-14H2. The molecule has 1 aliphatic rings. The summed E-state index contributed by atoms with van der Waals surface area (Å²) in [7, 11) is 0.